The number of halogens is 1. The van der Waals surface area contributed by atoms with Gasteiger partial charge in [0.2, 0.25) is 0 Å². The molecule has 3 nitrogen and oxygen atoms in total. The number of aromatic nitrogens is 1. The van der Waals surface area contributed by atoms with Crippen molar-refractivity contribution in [2.75, 3.05) is 0 Å². The van der Waals surface area contributed by atoms with Crippen LogP contribution in [0.4, 0.5) is 4.39 Å². The first-order valence-corrected chi connectivity index (χ1v) is 9.67. The summed E-state index contributed by atoms with van der Waals surface area (Å²) in [5.74, 6) is -0.464. The average molecular weight is 378 g/mol. The van der Waals surface area contributed by atoms with Gasteiger partial charge >= 0.3 is 0 Å². The van der Waals surface area contributed by atoms with Crippen molar-refractivity contribution in [2.24, 2.45) is 0 Å². The lowest BCUT2D eigenvalue weighted by Crippen LogP contribution is -2.26. The summed E-state index contributed by atoms with van der Waals surface area (Å²) >= 11 is 1.62. The summed E-state index contributed by atoms with van der Waals surface area (Å²) in [6.07, 6.45) is 0. The van der Waals surface area contributed by atoms with Crippen molar-refractivity contribution >= 4 is 27.5 Å². The van der Waals surface area contributed by atoms with Crippen LogP contribution < -0.4 is 5.32 Å². The van der Waals surface area contributed by atoms with Crippen LogP contribution in [-0.2, 0) is 6.54 Å². The second-order valence-electron chi connectivity index (χ2n) is 6.47. The maximum absolute atomic E-state index is 13.4. The molecule has 0 bridgehead atoms. The van der Waals surface area contributed by atoms with Gasteiger partial charge in [-0.05, 0) is 47.7 Å². The first-order chi connectivity index (χ1) is 13.1. The number of carbonyl (C=O) groups excluding carboxylic acids is 1. The highest BCUT2D eigenvalue weighted by Crippen LogP contribution is 2.31. The Morgan fingerprint density at radius 1 is 1.11 bits per heavy atom. The van der Waals surface area contributed by atoms with Gasteiger partial charge in [0, 0.05) is 6.54 Å². The first-order valence-electron chi connectivity index (χ1n) is 8.79. The van der Waals surface area contributed by atoms with Gasteiger partial charge in [-0.15, -0.1) is 11.3 Å². The third kappa shape index (κ3) is 3.51. The number of thiophene rings is 1. The molecule has 1 atom stereocenters. The number of benzene rings is 2. The van der Waals surface area contributed by atoms with Crippen molar-refractivity contribution in [1.29, 1.82) is 0 Å². The lowest BCUT2D eigenvalue weighted by molar-refractivity contribution is 0.0941. The van der Waals surface area contributed by atoms with Gasteiger partial charge < -0.3 is 9.88 Å². The van der Waals surface area contributed by atoms with Crippen molar-refractivity contribution in [3.05, 3.63) is 94.7 Å². The Balaban J connectivity index is 1.65. The summed E-state index contributed by atoms with van der Waals surface area (Å²) in [5.41, 5.74) is 3.54. The van der Waals surface area contributed by atoms with Gasteiger partial charge in [0.15, 0.2) is 0 Å². The molecule has 27 heavy (non-hydrogen) atoms. The smallest absolute Gasteiger partial charge is 0.268 e. The second kappa shape index (κ2) is 7.37. The Labute approximate surface area is 161 Å². The number of nitrogens with zero attached hydrogens (tertiary/aromatic N) is 1. The van der Waals surface area contributed by atoms with E-state index in [1.807, 2.05) is 35.7 Å². The number of hydrogen-bond donors (Lipinski definition) is 1. The molecular weight excluding hydrogens is 359 g/mol. The fraction of sp³-hybridized carbons (Fsp3) is 0.136. The van der Waals surface area contributed by atoms with E-state index in [2.05, 4.69) is 28.9 Å². The number of fused-ring (bicyclic) bond motifs is 1. The van der Waals surface area contributed by atoms with Crippen LogP contribution >= 0.6 is 11.3 Å². The first kappa shape index (κ1) is 17.5. The Bertz CT molecular complexity index is 1080. The molecule has 0 aliphatic rings. The Morgan fingerprint density at radius 2 is 1.93 bits per heavy atom. The predicted octanol–water partition coefficient (Wildman–Crippen LogP) is 5.38. The van der Waals surface area contributed by atoms with Crippen molar-refractivity contribution in [3.63, 3.8) is 0 Å². The van der Waals surface area contributed by atoms with E-state index in [1.54, 1.807) is 23.5 Å². The van der Waals surface area contributed by atoms with Crippen LogP contribution in [0.5, 0.6) is 0 Å². The molecule has 0 unspecified atom stereocenters. The zero-order valence-corrected chi connectivity index (χ0v) is 15.7. The summed E-state index contributed by atoms with van der Waals surface area (Å²) in [6.45, 7) is 2.38. The summed E-state index contributed by atoms with van der Waals surface area (Å²) in [4.78, 5) is 12.9. The maximum Gasteiger partial charge on any atom is 0.268 e. The zero-order chi connectivity index (χ0) is 18.8. The molecule has 5 heteroatoms. The van der Waals surface area contributed by atoms with Crippen LogP contribution in [0.25, 0.3) is 10.2 Å². The minimum Gasteiger partial charge on any atom is -0.347 e. The monoisotopic (exact) mass is 378 g/mol. The lowest BCUT2D eigenvalue weighted by Gasteiger charge is -2.19. The molecule has 2 heterocycles. The number of hydrogen-bond acceptors (Lipinski definition) is 2. The van der Waals surface area contributed by atoms with E-state index in [9.17, 15) is 9.18 Å². The van der Waals surface area contributed by atoms with Gasteiger partial charge in [-0.25, -0.2) is 4.39 Å². The van der Waals surface area contributed by atoms with Crippen LogP contribution in [0, 0.1) is 5.82 Å². The van der Waals surface area contributed by atoms with E-state index in [0.717, 1.165) is 21.3 Å². The van der Waals surface area contributed by atoms with Crippen LogP contribution in [0.2, 0.25) is 0 Å². The largest absolute Gasteiger partial charge is 0.347 e. The maximum atomic E-state index is 13.4. The standard InChI is InChI=1S/C22H19FN2OS/c1-15(17-7-3-2-4-8-17)25-19-10-11-27-21(19)13-20(25)22(26)24-14-16-6-5-9-18(23)12-16/h2-13,15H,14H2,1H3,(H,24,26)/t15-/m1/s1. The van der Waals surface area contributed by atoms with Gasteiger partial charge in [-0.3, -0.25) is 4.79 Å². The molecule has 0 saturated heterocycles. The molecule has 0 saturated carbocycles. The third-order valence-corrected chi connectivity index (χ3v) is 5.56. The number of rotatable bonds is 5. The normalized spacial score (nSPS) is 12.2. The van der Waals surface area contributed by atoms with Crippen LogP contribution in [0.15, 0.2) is 72.1 Å². The van der Waals surface area contributed by atoms with E-state index in [0.29, 0.717) is 5.69 Å². The highest BCUT2D eigenvalue weighted by Gasteiger charge is 2.21. The Hall–Kier alpha value is -2.92. The van der Waals surface area contributed by atoms with Gasteiger partial charge in [-0.1, -0.05) is 42.5 Å². The van der Waals surface area contributed by atoms with Crippen LogP contribution in [-0.4, -0.2) is 10.5 Å². The summed E-state index contributed by atoms with van der Waals surface area (Å²) < 4.78 is 16.5. The van der Waals surface area contributed by atoms with Crippen molar-refractivity contribution < 1.29 is 9.18 Å². The molecule has 4 aromatic rings. The molecule has 0 fully saturated rings. The predicted molar refractivity (Wildman–Crippen MR) is 108 cm³/mol. The number of amides is 1. The average Bonchev–Trinajstić information content (AvgIpc) is 3.27. The molecule has 2 aromatic heterocycles. The number of nitrogens with one attached hydrogen (secondary N) is 1. The molecule has 4 rings (SSSR count). The quantitative estimate of drug-likeness (QED) is 0.497. The Morgan fingerprint density at radius 3 is 2.70 bits per heavy atom. The minimum atomic E-state index is -0.302. The van der Waals surface area contributed by atoms with Gasteiger partial charge in [0.05, 0.1) is 16.3 Å². The Kier molecular flexibility index (Phi) is 4.77. The zero-order valence-electron chi connectivity index (χ0n) is 14.9. The minimum absolute atomic E-state index is 0.0215. The van der Waals surface area contributed by atoms with Crippen molar-refractivity contribution in [1.82, 2.24) is 9.88 Å². The summed E-state index contributed by atoms with van der Waals surface area (Å²) in [6, 6.07) is 20.4. The van der Waals surface area contributed by atoms with Crippen LogP contribution in [0.1, 0.15) is 34.6 Å². The molecule has 1 amide bonds. The fourth-order valence-corrected chi connectivity index (χ4v) is 4.15. The van der Waals surface area contributed by atoms with Gasteiger partial charge in [-0.2, -0.15) is 0 Å². The fourth-order valence-electron chi connectivity index (χ4n) is 3.34. The summed E-state index contributed by atoms with van der Waals surface area (Å²) in [5, 5.41) is 4.95. The molecule has 0 aliphatic heterocycles. The van der Waals surface area contributed by atoms with E-state index >= 15 is 0 Å². The molecule has 1 N–H and O–H groups in total. The van der Waals surface area contributed by atoms with Crippen molar-refractivity contribution in [3.8, 4) is 0 Å². The van der Waals surface area contributed by atoms with Gasteiger partial charge in [0.25, 0.3) is 5.91 Å². The molecular formula is C22H19FN2OS. The highest BCUT2D eigenvalue weighted by molar-refractivity contribution is 7.17. The lowest BCUT2D eigenvalue weighted by atomic mass is 10.1. The summed E-state index contributed by atoms with van der Waals surface area (Å²) in [7, 11) is 0. The van der Waals surface area contributed by atoms with E-state index in [1.165, 1.54) is 12.1 Å². The molecule has 0 spiro atoms. The van der Waals surface area contributed by atoms with Crippen LogP contribution in [0.3, 0.4) is 0 Å². The molecule has 0 radical (unpaired) electrons. The van der Waals surface area contributed by atoms with Crippen molar-refractivity contribution in [2.45, 2.75) is 19.5 Å². The molecule has 0 aliphatic carbocycles. The van der Waals surface area contributed by atoms with E-state index < -0.39 is 0 Å². The van der Waals surface area contributed by atoms with Gasteiger partial charge in [0.1, 0.15) is 11.5 Å². The second-order valence-corrected chi connectivity index (χ2v) is 7.42. The van der Waals surface area contributed by atoms with E-state index in [-0.39, 0.29) is 24.3 Å². The molecule has 2 aromatic carbocycles. The molecule has 136 valence electrons. The highest BCUT2D eigenvalue weighted by atomic mass is 32.1. The van der Waals surface area contributed by atoms with E-state index in [4.69, 9.17) is 0 Å². The topological polar surface area (TPSA) is 34.0 Å². The number of carbonyl (C=O) groups is 1. The SMILES string of the molecule is C[C@H](c1ccccc1)n1c(C(=O)NCc2cccc(F)c2)cc2sccc21. The third-order valence-electron chi connectivity index (χ3n) is 4.70.